The minimum absolute atomic E-state index is 0.0528. The van der Waals surface area contributed by atoms with Crippen molar-refractivity contribution in [3.8, 4) is 20.8 Å². The van der Waals surface area contributed by atoms with Gasteiger partial charge in [-0.1, -0.05) is 171 Å². The van der Waals surface area contributed by atoms with E-state index in [1.165, 1.54) is 44.2 Å². The van der Waals surface area contributed by atoms with Crippen LogP contribution in [-0.4, -0.2) is 132 Å². The van der Waals surface area contributed by atoms with Crippen molar-refractivity contribution in [2.24, 2.45) is 32.7 Å². The van der Waals surface area contributed by atoms with E-state index < -0.39 is 6.04 Å². The lowest BCUT2D eigenvalue weighted by Crippen LogP contribution is -2.55. The van der Waals surface area contributed by atoms with Crippen molar-refractivity contribution < 1.29 is 33.5 Å². The molecule has 0 saturated heterocycles. The summed E-state index contributed by atoms with van der Waals surface area (Å²) in [6.07, 6.45) is 7.69. The van der Waals surface area contributed by atoms with E-state index in [4.69, 9.17) is 59.5 Å². The van der Waals surface area contributed by atoms with Gasteiger partial charge in [0.25, 0.3) is 0 Å². The summed E-state index contributed by atoms with van der Waals surface area (Å²) in [5, 5.41) is 34.6. The number of hydrogen-bond acceptors (Lipinski definition) is 23. The zero-order valence-electron chi connectivity index (χ0n) is 77.2. The second-order valence-electron chi connectivity index (χ2n) is 35.0. The molecule has 0 unspecified atom stereocenters. The third-order valence-corrected chi connectivity index (χ3v) is 29.0. The number of thiophene rings is 3. The zero-order valence-corrected chi connectivity index (χ0v) is 81.9. The molecule has 1 amide bonds. The lowest BCUT2D eigenvalue weighted by atomic mass is 9.98. The molecule has 0 radical (unpaired) electrons. The summed E-state index contributed by atoms with van der Waals surface area (Å²) < 4.78 is 11.7. The number of aryl methyl sites for hydroxylation is 6. The first-order valence-electron chi connectivity index (χ1n) is 44.2. The van der Waals surface area contributed by atoms with Crippen LogP contribution in [-0.2, 0) is 30.4 Å². The highest BCUT2D eigenvalue weighted by atomic mass is 35.5. The van der Waals surface area contributed by atoms with Crippen LogP contribution >= 0.6 is 68.8 Å². The topological polar surface area (TPSA) is 285 Å². The average molecular weight is 1860 g/mol. The Hall–Kier alpha value is -11.2. The number of ether oxygens (including phenoxy) is 1. The maximum atomic E-state index is 13.2. The van der Waals surface area contributed by atoms with Crippen LogP contribution in [0.25, 0.3) is 15.0 Å². The van der Waals surface area contributed by atoms with Gasteiger partial charge in [0.05, 0.1) is 42.5 Å². The number of nitrogens with one attached hydrogen (secondary N) is 1. The number of benzene rings is 5. The first-order valence-corrected chi connectivity index (χ1v) is 47.8. The Morgan fingerprint density at radius 2 is 0.938 bits per heavy atom. The average Bonchev–Trinajstić information content (AvgIpc) is 1.69. The smallest absolute Gasteiger partial charge is 0.249 e. The zero-order chi connectivity index (χ0) is 93.3. The van der Waals surface area contributed by atoms with E-state index in [9.17, 15) is 28.8 Å². The third kappa shape index (κ3) is 19.9. The highest BCUT2D eigenvalue weighted by Crippen LogP contribution is 2.46. The number of methoxy groups -OCH3 is 1. The number of Topliss-reactive ketones (excluding diaryl/α,β-unsaturated/α-hetero) is 5. The van der Waals surface area contributed by atoms with Crippen LogP contribution in [0.2, 0.25) is 15.1 Å². The Bertz CT molecular complexity index is 6220. The van der Waals surface area contributed by atoms with Crippen molar-refractivity contribution in [2.75, 3.05) is 29.3 Å². The number of rotatable bonds is 23. The third-order valence-electron chi connectivity index (χ3n) is 24.7. The number of aromatic nitrogens is 11. The van der Waals surface area contributed by atoms with E-state index in [1.807, 2.05) is 170 Å². The number of amides is 1. The molecule has 30 heteroatoms. The first kappa shape index (κ1) is 94.9. The summed E-state index contributed by atoms with van der Waals surface area (Å²) in [5.41, 5.74) is 16.3. The Labute approximate surface area is 786 Å². The fourth-order valence-corrected chi connectivity index (χ4v) is 20.9. The number of likely N-dealkylation sites (N-methyl/N-ethyl adjacent to an activating group) is 1. The van der Waals surface area contributed by atoms with Crippen LogP contribution in [0.3, 0.4) is 0 Å². The normalized spacial score (nSPS) is 16.1. The minimum Gasteiger partial charge on any atom is -0.495 e. The van der Waals surface area contributed by atoms with Crippen molar-refractivity contribution in [3.05, 3.63) is 253 Å². The number of hydrogen-bond donors (Lipinski definition) is 1. The van der Waals surface area contributed by atoms with Gasteiger partial charge < -0.3 is 19.9 Å². The Kier molecular flexibility index (Phi) is 29.4. The van der Waals surface area contributed by atoms with Crippen LogP contribution in [0.1, 0.15) is 265 Å². The van der Waals surface area contributed by atoms with Gasteiger partial charge in [-0.25, -0.2) is 4.98 Å². The minimum atomic E-state index is -0.568. The molecule has 7 aromatic heterocycles. The largest absolute Gasteiger partial charge is 0.495 e. The summed E-state index contributed by atoms with van der Waals surface area (Å²) in [4.78, 5) is 109. The number of carbonyl (C=O) groups excluding carboxylic acids is 6. The van der Waals surface area contributed by atoms with Crippen molar-refractivity contribution in [1.29, 1.82) is 0 Å². The molecular formula is C100H110Cl3N17O7S3. The van der Waals surface area contributed by atoms with Crippen LogP contribution in [0.4, 0.5) is 23.1 Å². The van der Waals surface area contributed by atoms with E-state index in [2.05, 4.69) is 117 Å². The fourth-order valence-electron chi connectivity index (χ4n) is 16.9. The Balaban J connectivity index is 0.000000141. The lowest BCUT2D eigenvalue weighted by Gasteiger charge is -2.43. The maximum Gasteiger partial charge on any atom is 0.249 e. The van der Waals surface area contributed by atoms with Gasteiger partial charge in [-0.15, -0.1) is 64.6 Å². The molecule has 5 aromatic carbocycles. The standard InChI is InChI=1S/C31H31ClN4O2S.C25H33N5O3.2C22H23ClN4OS/c1-17(2)22-8-6-21(7-9-22)14-25(37)15-26(38)16-27-30-35-34-20(5)36(30)31-28(18(3)19(4)39-31)29(33-27)23-10-12-24(32)13-11-23;1-6-19-24(32)29(4)20-14-26-25(28-23(20)30(19)17-9-7-8-10-17)27-18-12-11-16(13-21(18)33-5)22(31)15(2)3;2*1-11(2)18(28)10-17-21-26-25-14(5)27(21)22-19(12(3)13(4)29-22)20(24-17)15-6-8-16(23)9-7-15/h6-13,17,27H,14-16H2,1-5H3;11-15,17,19H,6-10H2,1-5H3,(H,26,27,28);2*6-9,11,17H,10H2,1-5H3/t27-;19-;2*17-/m0110/s1. The molecule has 0 spiro atoms. The molecule has 676 valence electrons. The van der Waals surface area contributed by atoms with Crippen LogP contribution in [0.5, 0.6) is 5.75 Å². The van der Waals surface area contributed by atoms with E-state index in [-0.39, 0.29) is 90.0 Å². The van der Waals surface area contributed by atoms with Gasteiger partial charge in [-0.2, -0.15) is 4.98 Å². The molecule has 1 saturated carbocycles. The first-order chi connectivity index (χ1) is 62.0. The van der Waals surface area contributed by atoms with E-state index in [0.717, 1.165) is 137 Å². The molecule has 12 aromatic rings. The summed E-state index contributed by atoms with van der Waals surface area (Å²) >= 11 is 23.5. The van der Waals surface area contributed by atoms with Gasteiger partial charge in [0.2, 0.25) is 11.9 Å². The number of fused-ring (bicyclic) bond motifs is 10. The molecule has 1 aliphatic carbocycles. The molecule has 1 N–H and O–H groups in total. The van der Waals surface area contributed by atoms with E-state index in [1.54, 1.807) is 71.4 Å². The fraction of sp³-hybridized carbons (Fsp3) is 0.390. The quantitative estimate of drug-likeness (QED) is 0.0460. The Morgan fingerprint density at radius 1 is 0.523 bits per heavy atom. The number of halogens is 3. The summed E-state index contributed by atoms with van der Waals surface area (Å²) in [5.74, 6) is 6.63. The molecular weight excluding hydrogens is 1750 g/mol. The van der Waals surface area contributed by atoms with Gasteiger partial charge in [-0.3, -0.25) is 57.4 Å². The van der Waals surface area contributed by atoms with Crippen LogP contribution in [0, 0.1) is 80.1 Å². The van der Waals surface area contributed by atoms with Crippen molar-refractivity contribution in [1.82, 2.24) is 54.3 Å². The van der Waals surface area contributed by atoms with Gasteiger partial charge in [0, 0.05) is 125 Å². The SMILES string of the molecule is CC[C@@H]1C(=O)N(C)c2cnc(Nc3ccc(C(=O)C(C)C)cc3OC)nc2N1C1CCCC1.Cc1sc2c(c1C)C(c1ccc(Cl)cc1)=N[C@@H](CC(=O)C(C)C)c1nnc(C)n1-2.Cc1sc2c(c1C)C(c1ccc(Cl)cc1)=N[C@@H](CC(=O)CC(=O)Cc1ccc(C(C)C)cc1)c1nnc(C)n1-2.Cc1sc2c(c1C)C(c1ccc(Cl)cc1)=N[C@H](CC(=O)C(C)C)c1nnc(C)n1-2. The number of carbonyl (C=O) groups is 6. The molecule has 4 atom stereocenters. The monoisotopic (exact) mass is 1860 g/mol. The summed E-state index contributed by atoms with van der Waals surface area (Å²) in [7, 11) is 3.37. The molecule has 11 heterocycles. The van der Waals surface area contributed by atoms with Crippen LogP contribution in [0.15, 0.2) is 136 Å². The van der Waals surface area contributed by atoms with Crippen molar-refractivity contribution in [2.45, 2.75) is 225 Å². The van der Waals surface area contributed by atoms with Gasteiger partial charge in [0.15, 0.2) is 29.1 Å². The van der Waals surface area contributed by atoms with Gasteiger partial charge in [-0.05, 0) is 170 Å². The highest BCUT2D eigenvalue weighted by molar-refractivity contribution is 7.16. The summed E-state index contributed by atoms with van der Waals surface area (Å²) in [6.45, 7) is 36.2. The molecule has 0 bridgehead atoms. The van der Waals surface area contributed by atoms with Crippen molar-refractivity contribution in [3.63, 3.8) is 0 Å². The molecule has 24 nitrogen and oxygen atoms in total. The van der Waals surface area contributed by atoms with Crippen molar-refractivity contribution >= 4 is 144 Å². The molecule has 5 aliphatic rings. The number of aliphatic imine (C=N–C) groups is 3. The second-order valence-corrected chi connectivity index (χ2v) is 39.9. The number of ketones is 5. The maximum absolute atomic E-state index is 13.2. The van der Waals surface area contributed by atoms with E-state index in [0.29, 0.717) is 68.6 Å². The highest BCUT2D eigenvalue weighted by Gasteiger charge is 2.43. The second kappa shape index (κ2) is 40.3. The van der Waals surface area contributed by atoms with Gasteiger partial charge >= 0.3 is 0 Å². The van der Waals surface area contributed by atoms with Crippen LogP contribution < -0.4 is 19.9 Å². The summed E-state index contributed by atoms with van der Waals surface area (Å²) in [6, 6.07) is 35.2. The molecule has 130 heavy (non-hydrogen) atoms. The Morgan fingerprint density at radius 3 is 1.32 bits per heavy atom. The number of anilines is 4. The molecule has 17 rings (SSSR count). The predicted octanol–water partition coefficient (Wildman–Crippen LogP) is 22.5. The molecule has 1 fully saturated rings. The predicted molar refractivity (Wildman–Crippen MR) is 522 cm³/mol. The van der Waals surface area contributed by atoms with Gasteiger partial charge in [0.1, 0.15) is 91.2 Å². The number of nitrogens with zero attached hydrogens (tertiary/aromatic N) is 16. The molecule has 4 aliphatic heterocycles. The van der Waals surface area contributed by atoms with E-state index >= 15 is 0 Å². The lowest BCUT2D eigenvalue weighted by molar-refractivity contribution is -0.127.